The molecule has 0 radical (unpaired) electrons. The second-order valence-electron chi connectivity index (χ2n) is 7.12. The van der Waals surface area contributed by atoms with Crippen LogP contribution in [0.1, 0.15) is 30.4 Å². The number of hydrogen-bond donors (Lipinski definition) is 0. The second kappa shape index (κ2) is 9.49. The summed E-state index contributed by atoms with van der Waals surface area (Å²) in [5, 5.41) is 0. The van der Waals surface area contributed by atoms with Gasteiger partial charge in [-0.3, -0.25) is 0 Å². The van der Waals surface area contributed by atoms with Crippen LogP contribution >= 0.6 is 11.8 Å². The van der Waals surface area contributed by atoms with Gasteiger partial charge >= 0.3 is 12.2 Å². The summed E-state index contributed by atoms with van der Waals surface area (Å²) in [5.41, 5.74) is 1.49. The Balaban J connectivity index is 1.79. The number of carbonyl (C=O) groups is 2. The van der Waals surface area contributed by atoms with Crippen molar-refractivity contribution in [1.82, 2.24) is 9.80 Å². The van der Waals surface area contributed by atoms with Crippen molar-refractivity contribution in [2.45, 2.75) is 31.8 Å². The van der Waals surface area contributed by atoms with E-state index in [2.05, 4.69) is 4.74 Å². The molecule has 0 aromatic heterocycles. The number of piperidine rings is 1. The number of methoxy groups -OCH3 is 1. The van der Waals surface area contributed by atoms with Crippen LogP contribution in [-0.4, -0.2) is 72.9 Å². The Morgan fingerprint density at radius 3 is 2.61 bits per heavy atom. The zero-order valence-corrected chi connectivity index (χ0v) is 17.2. The van der Waals surface area contributed by atoms with Gasteiger partial charge in [-0.05, 0) is 30.0 Å². The van der Waals surface area contributed by atoms with Crippen molar-refractivity contribution >= 4 is 23.9 Å². The molecule has 0 N–H and O–H groups in total. The SMILES string of the molecule is CCc1ccc(C2CC(OC(=O)OC)CN(C(=O)N3CCSCC3)C2)cc1F. The van der Waals surface area contributed by atoms with Crippen LogP contribution < -0.4 is 0 Å². The summed E-state index contributed by atoms with van der Waals surface area (Å²) < 4.78 is 24.3. The first-order chi connectivity index (χ1) is 13.5. The minimum Gasteiger partial charge on any atom is -0.438 e. The number of likely N-dealkylation sites (tertiary alicyclic amines) is 1. The quantitative estimate of drug-likeness (QED) is 0.714. The molecule has 2 fully saturated rings. The Hall–Kier alpha value is -1.96. The highest BCUT2D eigenvalue weighted by Gasteiger charge is 2.35. The van der Waals surface area contributed by atoms with Crippen LogP contribution in [-0.2, 0) is 15.9 Å². The normalized spacial score (nSPS) is 22.7. The molecule has 6 nitrogen and oxygen atoms in total. The molecule has 0 saturated carbocycles. The van der Waals surface area contributed by atoms with Gasteiger partial charge in [-0.25, -0.2) is 14.0 Å². The van der Waals surface area contributed by atoms with Crippen molar-refractivity contribution in [3.8, 4) is 0 Å². The Morgan fingerprint density at radius 1 is 1.21 bits per heavy atom. The van der Waals surface area contributed by atoms with Gasteiger partial charge in [0.05, 0.1) is 13.7 Å². The highest BCUT2D eigenvalue weighted by molar-refractivity contribution is 7.99. The van der Waals surface area contributed by atoms with Crippen molar-refractivity contribution in [3.63, 3.8) is 0 Å². The molecule has 1 aromatic carbocycles. The lowest BCUT2D eigenvalue weighted by molar-refractivity contribution is 0.00310. The molecule has 28 heavy (non-hydrogen) atoms. The molecular formula is C20H27FN2O4S. The third-order valence-electron chi connectivity index (χ3n) is 5.32. The molecule has 1 aromatic rings. The first-order valence-electron chi connectivity index (χ1n) is 9.66. The smallest absolute Gasteiger partial charge is 0.438 e. The molecule has 154 valence electrons. The van der Waals surface area contributed by atoms with Crippen LogP contribution in [0, 0.1) is 5.82 Å². The topological polar surface area (TPSA) is 59.1 Å². The molecule has 2 heterocycles. The number of hydrogen-bond acceptors (Lipinski definition) is 5. The van der Waals surface area contributed by atoms with E-state index in [1.807, 2.05) is 29.7 Å². The number of urea groups is 1. The number of halogens is 1. The molecule has 2 unspecified atom stereocenters. The number of ether oxygens (including phenoxy) is 2. The number of aryl methyl sites for hydroxylation is 1. The summed E-state index contributed by atoms with van der Waals surface area (Å²) in [6, 6.07) is 5.20. The molecule has 2 atom stereocenters. The number of carbonyl (C=O) groups excluding carboxylic acids is 2. The third kappa shape index (κ3) is 4.90. The number of thioether (sulfide) groups is 1. The van der Waals surface area contributed by atoms with E-state index in [1.54, 1.807) is 17.0 Å². The summed E-state index contributed by atoms with van der Waals surface area (Å²) >= 11 is 1.84. The third-order valence-corrected chi connectivity index (χ3v) is 6.27. The molecule has 0 aliphatic carbocycles. The fourth-order valence-electron chi connectivity index (χ4n) is 3.78. The zero-order valence-electron chi connectivity index (χ0n) is 16.4. The largest absolute Gasteiger partial charge is 0.508 e. The van der Waals surface area contributed by atoms with Gasteiger partial charge in [0.1, 0.15) is 11.9 Å². The maximum absolute atomic E-state index is 14.3. The molecule has 3 rings (SSSR count). The summed E-state index contributed by atoms with van der Waals surface area (Å²) in [7, 11) is 1.26. The monoisotopic (exact) mass is 410 g/mol. The first-order valence-corrected chi connectivity index (χ1v) is 10.8. The van der Waals surface area contributed by atoms with Crippen molar-refractivity contribution in [2.24, 2.45) is 0 Å². The van der Waals surface area contributed by atoms with E-state index in [0.717, 1.165) is 17.1 Å². The van der Waals surface area contributed by atoms with Crippen molar-refractivity contribution in [3.05, 3.63) is 35.1 Å². The van der Waals surface area contributed by atoms with Gasteiger partial charge in [0.25, 0.3) is 0 Å². The molecule has 0 bridgehead atoms. The van der Waals surface area contributed by atoms with Gasteiger partial charge < -0.3 is 19.3 Å². The molecule has 2 aliphatic heterocycles. The predicted molar refractivity (Wildman–Crippen MR) is 106 cm³/mol. The predicted octanol–water partition coefficient (Wildman–Crippen LogP) is 3.50. The van der Waals surface area contributed by atoms with E-state index in [9.17, 15) is 14.0 Å². The van der Waals surface area contributed by atoms with Gasteiger partial charge in [-0.1, -0.05) is 19.1 Å². The highest BCUT2D eigenvalue weighted by Crippen LogP contribution is 2.31. The molecule has 8 heteroatoms. The summed E-state index contributed by atoms with van der Waals surface area (Å²) in [6.45, 7) is 4.15. The fourth-order valence-corrected chi connectivity index (χ4v) is 4.68. The van der Waals surface area contributed by atoms with Crippen LogP contribution in [0.2, 0.25) is 0 Å². The molecule has 2 saturated heterocycles. The van der Waals surface area contributed by atoms with E-state index in [4.69, 9.17) is 4.74 Å². The van der Waals surface area contributed by atoms with E-state index in [-0.39, 0.29) is 17.8 Å². The molecular weight excluding hydrogens is 383 g/mol. The van der Waals surface area contributed by atoms with Gasteiger partial charge in [0, 0.05) is 37.1 Å². The van der Waals surface area contributed by atoms with E-state index < -0.39 is 12.3 Å². The zero-order chi connectivity index (χ0) is 20.1. The summed E-state index contributed by atoms with van der Waals surface area (Å²) in [4.78, 5) is 28.2. The Kier molecular flexibility index (Phi) is 7.04. The lowest BCUT2D eigenvalue weighted by atomic mass is 9.88. The van der Waals surface area contributed by atoms with Crippen molar-refractivity contribution in [1.29, 1.82) is 0 Å². The van der Waals surface area contributed by atoms with Gasteiger partial charge in [-0.2, -0.15) is 11.8 Å². The van der Waals surface area contributed by atoms with Crippen molar-refractivity contribution < 1.29 is 23.5 Å². The minimum absolute atomic E-state index is 0.0471. The van der Waals surface area contributed by atoms with Gasteiger partial charge in [-0.15, -0.1) is 0 Å². The maximum atomic E-state index is 14.3. The van der Waals surface area contributed by atoms with Crippen molar-refractivity contribution in [2.75, 3.05) is 44.8 Å². The fraction of sp³-hybridized carbons (Fsp3) is 0.600. The average molecular weight is 411 g/mol. The molecule has 0 spiro atoms. The van der Waals surface area contributed by atoms with Crippen LogP contribution in [0.3, 0.4) is 0 Å². The maximum Gasteiger partial charge on any atom is 0.508 e. The standard InChI is InChI=1S/C20H27FN2O4S/c1-3-14-4-5-15(11-18(14)21)16-10-17(27-20(25)26-2)13-23(12-16)19(24)22-6-8-28-9-7-22/h4-5,11,16-17H,3,6-10,12-13H2,1-2H3. The summed E-state index contributed by atoms with van der Waals surface area (Å²) in [5.74, 6) is 1.51. The van der Waals surface area contributed by atoms with Crippen LogP contribution in [0.5, 0.6) is 0 Å². The number of amides is 2. The van der Waals surface area contributed by atoms with Crippen LogP contribution in [0.4, 0.5) is 14.0 Å². The Morgan fingerprint density at radius 2 is 1.96 bits per heavy atom. The second-order valence-corrected chi connectivity index (χ2v) is 8.34. The molecule has 2 amide bonds. The first kappa shape index (κ1) is 20.8. The number of benzene rings is 1. The lowest BCUT2D eigenvalue weighted by Gasteiger charge is -2.40. The van der Waals surface area contributed by atoms with Gasteiger partial charge in [0.2, 0.25) is 0 Å². The van der Waals surface area contributed by atoms with E-state index >= 15 is 0 Å². The van der Waals surface area contributed by atoms with Gasteiger partial charge in [0.15, 0.2) is 0 Å². The van der Waals surface area contributed by atoms with E-state index in [1.165, 1.54) is 7.11 Å². The minimum atomic E-state index is -0.764. The molecule has 2 aliphatic rings. The Labute approximate surface area is 169 Å². The van der Waals surface area contributed by atoms with Crippen LogP contribution in [0.25, 0.3) is 0 Å². The number of rotatable bonds is 3. The lowest BCUT2D eigenvalue weighted by Crippen LogP contribution is -2.53. The average Bonchev–Trinajstić information content (AvgIpc) is 2.73. The highest BCUT2D eigenvalue weighted by atomic mass is 32.2. The Bertz CT molecular complexity index is 711. The van der Waals surface area contributed by atoms with E-state index in [0.29, 0.717) is 44.6 Å². The van der Waals surface area contributed by atoms with Crippen LogP contribution in [0.15, 0.2) is 18.2 Å². The number of nitrogens with zero attached hydrogens (tertiary/aromatic N) is 2. The summed E-state index contributed by atoms with van der Waals surface area (Å²) in [6.07, 6.45) is -0.0922.